The molecule has 0 atom stereocenters. The first-order valence-corrected chi connectivity index (χ1v) is 6.50. The molecule has 2 rings (SSSR count). The molecule has 0 saturated heterocycles. The predicted octanol–water partition coefficient (Wildman–Crippen LogP) is 2.64. The van der Waals surface area contributed by atoms with Crippen LogP contribution in [0.15, 0.2) is 12.4 Å². The van der Waals surface area contributed by atoms with Gasteiger partial charge in [-0.15, -0.1) is 0 Å². The maximum absolute atomic E-state index is 12.1. The van der Waals surface area contributed by atoms with E-state index < -0.39 is 5.60 Å². The lowest BCUT2D eigenvalue weighted by molar-refractivity contribution is 0.0180. The fourth-order valence-electron chi connectivity index (χ4n) is 1.97. The Morgan fingerprint density at radius 2 is 1.84 bits per heavy atom. The number of aryl methyl sites for hydroxylation is 1. The first-order chi connectivity index (χ1) is 8.74. The summed E-state index contributed by atoms with van der Waals surface area (Å²) in [5.74, 6) is 0.700. The van der Waals surface area contributed by atoms with Crippen LogP contribution < -0.4 is 0 Å². The van der Waals surface area contributed by atoms with Gasteiger partial charge < -0.3 is 4.74 Å². The van der Waals surface area contributed by atoms with Gasteiger partial charge in [0.25, 0.3) is 0 Å². The normalized spacial score (nSPS) is 16.9. The lowest BCUT2D eigenvalue weighted by atomic mass is 10.2. The molecule has 0 radical (unpaired) electrons. The summed E-state index contributed by atoms with van der Waals surface area (Å²) in [5, 5.41) is 0. The van der Waals surface area contributed by atoms with Crippen LogP contribution in [0.5, 0.6) is 0 Å². The second kappa shape index (κ2) is 4.47. The summed E-state index contributed by atoms with van der Waals surface area (Å²) in [6, 6.07) is 0. The molecular formula is C14H21N3O2. The fourth-order valence-corrected chi connectivity index (χ4v) is 1.97. The third kappa shape index (κ3) is 2.85. The quantitative estimate of drug-likeness (QED) is 0.823. The Morgan fingerprint density at radius 1 is 1.32 bits per heavy atom. The van der Waals surface area contributed by atoms with E-state index in [9.17, 15) is 4.79 Å². The predicted molar refractivity (Wildman–Crippen MR) is 71.7 cm³/mol. The SMILES string of the molecule is Cc1cnc(C2(N(C)C(=O)OC(C)(C)C)CC2)nc1. The molecule has 5 heteroatoms. The van der Waals surface area contributed by atoms with Crippen molar-refractivity contribution >= 4 is 6.09 Å². The molecular weight excluding hydrogens is 242 g/mol. The molecule has 19 heavy (non-hydrogen) atoms. The minimum absolute atomic E-state index is 0.325. The van der Waals surface area contributed by atoms with E-state index in [0.717, 1.165) is 18.4 Å². The molecule has 0 bridgehead atoms. The first kappa shape index (κ1) is 13.8. The van der Waals surface area contributed by atoms with Gasteiger partial charge in [0.1, 0.15) is 11.1 Å². The summed E-state index contributed by atoms with van der Waals surface area (Å²) in [4.78, 5) is 22.5. The topological polar surface area (TPSA) is 55.3 Å². The Balaban J connectivity index is 2.16. The number of aromatic nitrogens is 2. The second-order valence-electron chi connectivity index (χ2n) is 6.15. The monoisotopic (exact) mass is 263 g/mol. The van der Waals surface area contributed by atoms with Crippen LogP contribution in [0.4, 0.5) is 4.79 Å². The molecule has 1 heterocycles. The van der Waals surface area contributed by atoms with Gasteiger partial charge in [-0.2, -0.15) is 0 Å². The molecule has 1 aromatic heterocycles. The minimum atomic E-state index is -0.491. The molecule has 104 valence electrons. The van der Waals surface area contributed by atoms with E-state index in [-0.39, 0.29) is 11.6 Å². The Bertz CT molecular complexity index is 472. The third-order valence-electron chi connectivity index (χ3n) is 3.23. The number of carbonyl (C=O) groups excluding carboxylic acids is 1. The standard InChI is InChI=1S/C14H21N3O2/c1-10-8-15-11(16-9-10)14(6-7-14)17(5)12(18)19-13(2,3)4/h8-9H,6-7H2,1-5H3. The summed E-state index contributed by atoms with van der Waals surface area (Å²) < 4.78 is 5.40. The van der Waals surface area contributed by atoms with E-state index in [1.54, 1.807) is 24.3 Å². The number of nitrogens with zero attached hydrogens (tertiary/aromatic N) is 3. The maximum Gasteiger partial charge on any atom is 0.410 e. The van der Waals surface area contributed by atoms with Crippen molar-refractivity contribution in [2.24, 2.45) is 0 Å². The minimum Gasteiger partial charge on any atom is -0.444 e. The molecule has 1 aromatic rings. The summed E-state index contributed by atoms with van der Waals surface area (Å²) in [7, 11) is 1.75. The van der Waals surface area contributed by atoms with Gasteiger partial charge in [-0.3, -0.25) is 4.90 Å². The number of amides is 1. The van der Waals surface area contributed by atoms with Crippen molar-refractivity contribution in [2.75, 3.05) is 7.05 Å². The van der Waals surface area contributed by atoms with E-state index in [0.29, 0.717) is 5.82 Å². The Morgan fingerprint density at radius 3 is 2.26 bits per heavy atom. The first-order valence-electron chi connectivity index (χ1n) is 6.50. The number of ether oxygens (including phenoxy) is 1. The zero-order valence-corrected chi connectivity index (χ0v) is 12.2. The molecule has 0 spiro atoms. The average Bonchev–Trinajstić information content (AvgIpc) is 3.08. The number of hydrogen-bond donors (Lipinski definition) is 0. The van der Waals surface area contributed by atoms with Gasteiger partial charge in [-0.25, -0.2) is 14.8 Å². The lowest BCUT2D eigenvalue weighted by Gasteiger charge is -2.30. The number of rotatable bonds is 2. The summed E-state index contributed by atoms with van der Waals surface area (Å²) in [6.07, 6.45) is 5.00. The van der Waals surface area contributed by atoms with Crippen molar-refractivity contribution in [1.29, 1.82) is 0 Å². The third-order valence-corrected chi connectivity index (χ3v) is 3.23. The average molecular weight is 263 g/mol. The van der Waals surface area contributed by atoms with Crippen LogP contribution >= 0.6 is 0 Å². The summed E-state index contributed by atoms with van der Waals surface area (Å²) >= 11 is 0. The smallest absolute Gasteiger partial charge is 0.410 e. The maximum atomic E-state index is 12.1. The highest BCUT2D eigenvalue weighted by Crippen LogP contribution is 2.49. The highest BCUT2D eigenvalue weighted by Gasteiger charge is 2.53. The van der Waals surface area contributed by atoms with Gasteiger partial charge in [0, 0.05) is 19.4 Å². The van der Waals surface area contributed by atoms with Crippen LogP contribution in [-0.2, 0) is 10.3 Å². The number of hydrogen-bond acceptors (Lipinski definition) is 4. The largest absolute Gasteiger partial charge is 0.444 e. The van der Waals surface area contributed by atoms with Crippen molar-refractivity contribution in [3.63, 3.8) is 0 Å². The Hall–Kier alpha value is -1.65. The van der Waals surface area contributed by atoms with E-state index >= 15 is 0 Å². The van der Waals surface area contributed by atoms with E-state index in [1.807, 2.05) is 27.7 Å². The van der Waals surface area contributed by atoms with E-state index in [1.165, 1.54) is 0 Å². The van der Waals surface area contributed by atoms with Crippen molar-refractivity contribution in [2.45, 2.75) is 51.7 Å². The van der Waals surface area contributed by atoms with E-state index in [2.05, 4.69) is 9.97 Å². The van der Waals surface area contributed by atoms with Crippen LogP contribution in [0.25, 0.3) is 0 Å². The fraction of sp³-hybridized carbons (Fsp3) is 0.643. The summed E-state index contributed by atoms with van der Waals surface area (Å²) in [6.45, 7) is 7.53. The molecule has 1 aliphatic carbocycles. The van der Waals surface area contributed by atoms with Crippen LogP contribution in [-0.4, -0.2) is 33.6 Å². The molecule has 1 saturated carbocycles. The van der Waals surface area contributed by atoms with Gasteiger partial charge in [0.2, 0.25) is 0 Å². The molecule has 0 aromatic carbocycles. The van der Waals surface area contributed by atoms with Gasteiger partial charge in [0.15, 0.2) is 5.82 Å². The van der Waals surface area contributed by atoms with E-state index in [4.69, 9.17) is 4.74 Å². The Kier molecular flexibility index (Phi) is 3.24. The Labute approximate surface area is 114 Å². The number of carbonyl (C=O) groups is 1. The van der Waals surface area contributed by atoms with Gasteiger partial charge in [-0.05, 0) is 46.1 Å². The summed E-state index contributed by atoms with van der Waals surface area (Å²) in [5.41, 5.74) is 0.144. The molecule has 1 fully saturated rings. The van der Waals surface area contributed by atoms with Gasteiger partial charge in [0.05, 0.1) is 0 Å². The lowest BCUT2D eigenvalue weighted by Crippen LogP contribution is -2.41. The van der Waals surface area contributed by atoms with Crippen LogP contribution in [0.1, 0.15) is 45.0 Å². The molecule has 1 amide bonds. The highest BCUT2D eigenvalue weighted by atomic mass is 16.6. The molecule has 0 aliphatic heterocycles. The van der Waals surface area contributed by atoms with Crippen molar-refractivity contribution < 1.29 is 9.53 Å². The molecule has 0 N–H and O–H groups in total. The molecule has 0 unspecified atom stereocenters. The molecule has 5 nitrogen and oxygen atoms in total. The highest BCUT2D eigenvalue weighted by molar-refractivity contribution is 5.69. The van der Waals surface area contributed by atoms with Crippen molar-refractivity contribution in [1.82, 2.24) is 14.9 Å². The van der Waals surface area contributed by atoms with Crippen LogP contribution in [0.3, 0.4) is 0 Å². The van der Waals surface area contributed by atoms with Crippen LogP contribution in [0.2, 0.25) is 0 Å². The van der Waals surface area contributed by atoms with Crippen molar-refractivity contribution in [3.8, 4) is 0 Å². The van der Waals surface area contributed by atoms with Crippen LogP contribution in [0, 0.1) is 6.92 Å². The van der Waals surface area contributed by atoms with Gasteiger partial charge in [-0.1, -0.05) is 0 Å². The van der Waals surface area contributed by atoms with Gasteiger partial charge >= 0.3 is 6.09 Å². The second-order valence-corrected chi connectivity index (χ2v) is 6.15. The zero-order valence-electron chi connectivity index (χ0n) is 12.2. The van der Waals surface area contributed by atoms with Crippen molar-refractivity contribution in [3.05, 3.63) is 23.8 Å². The zero-order chi connectivity index (χ0) is 14.3. The molecule has 1 aliphatic rings.